The van der Waals surface area contributed by atoms with E-state index in [1.165, 1.54) is 13.8 Å². The van der Waals surface area contributed by atoms with Crippen LogP contribution in [0, 0.1) is 0 Å². The molecule has 0 aliphatic carbocycles. The van der Waals surface area contributed by atoms with Crippen LogP contribution >= 0.6 is 0 Å². The second kappa shape index (κ2) is 8.68. The first-order valence-electron chi connectivity index (χ1n) is 7.06. The van der Waals surface area contributed by atoms with Crippen LogP contribution in [0.25, 0.3) is 0 Å². The Kier molecular flexibility index (Phi) is 8.20. The van der Waals surface area contributed by atoms with Gasteiger partial charge in [0, 0.05) is 12.5 Å². The van der Waals surface area contributed by atoms with Crippen molar-refractivity contribution in [2.75, 3.05) is 0 Å². The summed E-state index contributed by atoms with van der Waals surface area (Å²) in [6.45, 7) is 5.47. The smallest absolute Gasteiger partial charge is 0.393 e. The van der Waals surface area contributed by atoms with Crippen molar-refractivity contribution in [3.8, 4) is 0 Å². The highest BCUT2D eigenvalue weighted by Gasteiger charge is 2.65. The molecule has 0 aromatic carbocycles. The van der Waals surface area contributed by atoms with Crippen LogP contribution in [0.15, 0.2) is 12.7 Å². The van der Waals surface area contributed by atoms with Crippen LogP contribution in [0.5, 0.6) is 0 Å². The fraction of sp³-hybridized carbons (Fsp3) is 0.786. The van der Waals surface area contributed by atoms with Gasteiger partial charge in [0.15, 0.2) is 6.17 Å². The summed E-state index contributed by atoms with van der Waals surface area (Å²) >= 11 is 0. The van der Waals surface area contributed by atoms with E-state index in [-0.39, 0.29) is 6.08 Å². The number of carbonyl (C=O) groups is 1. The normalized spacial score (nSPS) is 14.6. The Morgan fingerprint density at radius 2 is 1.67 bits per heavy atom. The summed E-state index contributed by atoms with van der Waals surface area (Å²) in [6, 6.07) is 0. The average molecular weight is 368 g/mol. The van der Waals surface area contributed by atoms with Crippen LogP contribution in [0.3, 0.4) is 0 Å². The minimum Gasteiger partial charge on any atom is -0.393 e. The van der Waals surface area contributed by atoms with E-state index in [4.69, 9.17) is 0 Å². The zero-order chi connectivity index (χ0) is 19.2. The molecule has 0 aliphatic rings. The highest BCUT2D eigenvalue weighted by atomic mass is 19.3. The Balaban J connectivity index is 4.51. The molecule has 0 aromatic heterocycles. The third kappa shape index (κ3) is 7.06. The molecule has 0 amide bonds. The Bertz CT molecular complexity index is 425. The maximum Gasteiger partial charge on any atom is 0.469 e. The molecule has 24 heavy (non-hydrogen) atoms. The van der Waals surface area contributed by atoms with Crippen LogP contribution in [0.2, 0.25) is 0 Å². The third-order valence-corrected chi connectivity index (χ3v) is 2.76. The first-order valence-corrected chi connectivity index (χ1v) is 7.06. The predicted molar refractivity (Wildman–Crippen MR) is 70.7 cm³/mol. The van der Waals surface area contributed by atoms with Gasteiger partial charge in [-0.2, -0.15) is 26.3 Å². The number of halogens is 7. The molecule has 1 unspecified atom stereocenters. The molecule has 0 bridgehead atoms. The topological polar surface area (TPSA) is 35.5 Å². The van der Waals surface area contributed by atoms with Crippen molar-refractivity contribution in [1.82, 2.24) is 0 Å². The first-order chi connectivity index (χ1) is 10.7. The van der Waals surface area contributed by atoms with Crippen molar-refractivity contribution in [1.29, 1.82) is 0 Å². The lowest BCUT2D eigenvalue weighted by molar-refractivity contribution is -0.345. The Hall–Kier alpha value is -1.32. The number of esters is 1. The number of hydrogen-bond donors (Lipinski definition) is 0. The number of unbranched alkanes of at least 4 members (excludes halogenated alkanes) is 1. The summed E-state index contributed by atoms with van der Waals surface area (Å²) in [6.07, 6.45) is -15.8. The molecule has 0 aromatic rings. The van der Waals surface area contributed by atoms with E-state index >= 15 is 0 Å². The summed E-state index contributed by atoms with van der Waals surface area (Å²) in [5.41, 5.74) is 0. The SMILES string of the molecule is C=CC(=O)OC(F)(F)C(F)(F)C(F)CCCCC(F)(F)OC(C)C. The summed E-state index contributed by atoms with van der Waals surface area (Å²) < 4.78 is 100.0. The number of rotatable bonds is 11. The molecule has 0 spiro atoms. The highest BCUT2D eigenvalue weighted by Crippen LogP contribution is 2.41. The largest absolute Gasteiger partial charge is 0.469 e. The van der Waals surface area contributed by atoms with Gasteiger partial charge in [-0.3, -0.25) is 0 Å². The van der Waals surface area contributed by atoms with E-state index < -0.39 is 62.1 Å². The van der Waals surface area contributed by atoms with Crippen molar-refractivity contribution in [2.45, 2.75) is 69.9 Å². The Labute approximate surface area is 134 Å². The Morgan fingerprint density at radius 1 is 1.12 bits per heavy atom. The van der Waals surface area contributed by atoms with Gasteiger partial charge >= 0.3 is 24.1 Å². The van der Waals surface area contributed by atoms with Gasteiger partial charge in [0.2, 0.25) is 0 Å². The van der Waals surface area contributed by atoms with Crippen LogP contribution < -0.4 is 0 Å². The molecule has 3 nitrogen and oxygen atoms in total. The quantitative estimate of drug-likeness (QED) is 0.226. The van der Waals surface area contributed by atoms with Gasteiger partial charge in [0.05, 0.1) is 6.10 Å². The summed E-state index contributed by atoms with van der Waals surface area (Å²) in [5, 5.41) is 0. The van der Waals surface area contributed by atoms with E-state index in [1.807, 2.05) is 0 Å². The minimum absolute atomic E-state index is 0.216. The molecule has 1 atom stereocenters. The zero-order valence-electron chi connectivity index (χ0n) is 13.1. The van der Waals surface area contributed by atoms with Gasteiger partial charge in [-0.15, -0.1) is 0 Å². The second-order valence-electron chi connectivity index (χ2n) is 5.28. The average Bonchev–Trinajstić information content (AvgIpc) is 2.40. The third-order valence-electron chi connectivity index (χ3n) is 2.76. The van der Waals surface area contributed by atoms with Crippen molar-refractivity contribution < 1.29 is 45.0 Å². The predicted octanol–water partition coefficient (Wildman–Crippen LogP) is 4.86. The number of ether oxygens (including phenoxy) is 2. The van der Waals surface area contributed by atoms with Crippen molar-refractivity contribution >= 4 is 5.97 Å². The molecule has 0 rings (SSSR count). The van der Waals surface area contributed by atoms with E-state index in [0.29, 0.717) is 0 Å². The van der Waals surface area contributed by atoms with E-state index in [0.717, 1.165) is 0 Å². The van der Waals surface area contributed by atoms with Gasteiger partial charge < -0.3 is 9.47 Å². The molecule has 142 valence electrons. The molecular weight excluding hydrogens is 349 g/mol. The molecule has 0 saturated heterocycles. The summed E-state index contributed by atoms with van der Waals surface area (Å²) in [5.74, 6) is -7.15. The molecule has 10 heteroatoms. The molecular formula is C14H19F7O3. The summed E-state index contributed by atoms with van der Waals surface area (Å²) in [7, 11) is 0. The highest BCUT2D eigenvalue weighted by molar-refractivity contribution is 5.81. The molecule has 0 radical (unpaired) electrons. The van der Waals surface area contributed by atoms with E-state index in [1.54, 1.807) is 0 Å². The number of alkyl halides is 7. The van der Waals surface area contributed by atoms with Crippen molar-refractivity contribution in [3.05, 3.63) is 12.7 Å². The van der Waals surface area contributed by atoms with Crippen LogP contribution in [-0.4, -0.2) is 36.4 Å². The first kappa shape index (κ1) is 22.7. The molecule has 0 fully saturated rings. The van der Waals surface area contributed by atoms with Gasteiger partial charge in [0.1, 0.15) is 0 Å². The molecule has 0 aliphatic heterocycles. The standard InChI is InChI=1S/C14H19F7O3/c1-4-11(22)24-14(20,21)13(18,19)10(15)7-5-6-8-12(16,17)23-9(2)3/h4,9-10H,1,5-8H2,2-3H3. The molecule has 0 heterocycles. The zero-order valence-corrected chi connectivity index (χ0v) is 13.1. The lowest BCUT2D eigenvalue weighted by Gasteiger charge is -2.27. The van der Waals surface area contributed by atoms with Crippen molar-refractivity contribution in [2.24, 2.45) is 0 Å². The number of carbonyl (C=O) groups excluding carboxylic acids is 1. The van der Waals surface area contributed by atoms with Gasteiger partial charge in [0.25, 0.3) is 0 Å². The van der Waals surface area contributed by atoms with Gasteiger partial charge in [-0.05, 0) is 33.1 Å². The molecule has 0 N–H and O–H groups in total. The lowest BCUT2D eigenvalue weighted by Crippen LogP contribution is -2.50. The maximum absolute atomic E-state index is 13.4. The molecule has 0 saturated carbocycles. The van der Waals surface area contributed by atoms with E-state index in [9.17, 15) is 35.5 Å². The fourth-order valence-electron chi connectivity index (χ4n) is 1.66. The Morgan fingerprint density at radius 3 is 2.12 bits per heavy atom. The van der Waals surface area contributed by atoms with Crippen LogP contribution in [-0.2, 0) is 14.3 Å². The maximum atomic E-state index is 13.4. The lowest BCUT2D eigenvalue weighted by atomic mass is 10.1. The van der Waals surface area contributed by atoms with E-state index in [2.05, 4.69) is 16.1 Å². The van der Waals surface area contributed by atoms with Crippen LogP contribution in [0.4, 0.5) is 30.7 Å². The fourth-order valence-corrected chi connectivity index (χ4v) is 1.66. The van der Waals surface area contributed by atoms with Crippen molar-refractivity contribution in [3.63, 3.8) is 0 Å². The minimum atomic E-state index is -5.39. The van der Waals surface area contributed by atoms with Crippen LogP contribution in [0.1, 0.15) is 39.5 Å². The van der Waals surface area contributed by atoms with Gasteiger partial charge in [-0.1, -0.05) is 6.58 Å². The summed E-state index contributed by atoms with van der Waals surface area (Å²) in [4.78, 5) is 10.6. The number of hydrogen-bond acceptors (Lipinski definition) is 3. The second-order valence-corrected chi connectivity index (χ2v) is 5.28. The monoisotopic (exact) mass is 368 g/mol. The van der Waals surface area contributed by atoms with Gasteiger partial charge in [-0.25, -0.2) is 9.18 Å².